The number of nitrogens with one attached hydrogen (secondary N) is 1. The fourth-order valence-electron chi connectivity index (χ4n) is 4.72. The molecule has 2 atom stereocenters. The second kappa shape index (κ2) is 8.15. The predicted molar refractivity (Wildman–Crippen MR) is 121 cm³/mol. The van der Waals surface area contributed by atoms with Gasteiger partial charge < -0.3 is 19.7 Å². The minimum absolute atomic E-state index is 0.109. The van der Waals surface area contributed by atoms with Crippen LogP contribution in [0.15, 0.2) is 65.2 Å². The van der Waals surface area contributed by atoms with Crippen molar-refractivity contribution in [3.8, 4) is 11.3 Å². The zero-order valence-electron chi connectivity index (χ0n) is 16.9. The normalized spacial score (nSPS) is 21.4. The number of hydrogen-bond donors (Lipinski definition) is 2. The van der Waals surface area contributed by atoms with Crippen LogP contribution in [0.2, 0.25) is 0 Å². The monoisotopic (exact) mass is 433 g/mol. The number of nitrogens with zero attached hydrogens (tertiary/aromatic N) is 2. The average molecular weight is 434 g/mol. The van der Waals surface area contributed by atoms with Gasteiger partial charge in [-0.3, -0.25) is 4.98 Å². The number of pyridine rings is 1. The number of rotatable bonds is 5. The van der Waals surface area contributed by atoms with Crippen molar-refractivity contribution in [3.63, 3.8) is 0 Å². The summed E-state index contributed by atoms with van der Waals surface area (Å²) in [7, 11) is 0. The van der Waals surface area contributed by atoms with Crippen molar-refractivity contribution < 1.29 is 14.3 Å². The van der Waals surface area contributed by atoms with E-state index in [2.05, 4.69) is 15.2 Å². The fourth-order valence-corrected chi connectivity index (χ4v) is 5.11. The third-order valence-electron chi connectivity index (χ3n) is 6.17. The summed E-state index contributed by atoms with van der Waals surface area (Å²) in [5.41, 5.74) is 1.89. The van der Waals surface area contributed by atoms with Crippen molar-refractivity contribution in [1.82, 2.24) is 15.2 Å². The van der Waals surface area contributed by atoms with Gasteiger partial charge in [0.15, 0.2) is 5.11 Å². The Morgan fingerprint density at radius 2 is 1.97 bits per heavy atom. The van der Waals surface area contributed by atoms with E-state index >= 15 is 0 Å². The second-order valence-electron chi connectivity index (χ2n) is 8.06. The molecule has 1 saturated carbocycles. The van der Waals surface area contributed by atoms with E-state index in [0.29, 0.717) is 11.8 Å². The molecule has 0 amide bonds. The Labute approximate surface area is 185 Å². The summed E-state index contributed by atoms with van der Waals surface area (Å²) in [5.74, 6) is 0.481. The molecule has 0 radical (unpaired) electrons. The molecule has 1 aromatic carbocycles. The number of furan rings is 1. The lowest BCUT2D eigenvalue weighted by Crippen LogP contribution is -2.37. The van der Waals surface area contributed by atoms with Crippen molar-refractivity contribution in [2.24, 2.45) is 0 Å². The predicted octanol–water partition coefficient (Wildman–Crippen LogP) is 4.95. The van der Waals surface area contributed by atoms with Gasteiger partial charge in [0.1, 0.15) is 17.6 Å². The number of aromatic nitrogens is 1. The summed E-state index contributed by atoms with van der Waals surface area (Å²) in [6.07, 6.45) is 6.43. The lowest BCUT2D eigenvalue weighted by atomic mass is 10.0. The number of benzene rings is 1. The molecule has 1 saturated heterocycles. The van der Waals surface area contributed by atoms with Gasteiger partial charge in [0.25, 0.3) is 0 Å². The van der Waals surface area contributed by atoms with Gasteiger partial charge in [-0.2, -0.15) is 0 Å². The molecule has 0 spiro atoms. The van der Waals surface area contributed by atoms with Gasteiger partial charge in [0.05, 0.1) is 17.3 Å². The Morgan fingerprint density at radius 1 is 1.13 bits per heavy atom. The molecule has 1 aliphatic heterocycles. The Bertz CT molecular complexity index is 1110. The topological polar surface area (TPSA) is 78.6 Å². The van der Waals surface area contributed by atoms with Crippen LogP contribution in [0.3, 0.4) is 0 Å². The van der Waals surface area contributed by atoms with E-state index in [1.807, 2.05) is 36.4 Å². The van der Waals surface area contributed by atoms with Gasteiger partial charge in [0.2, 0.25) is 0 Å². The number of aromatic carboxylic acids is 1. The summed E-state index contributed by atoms with van der Waals surface area (Å²) in [6, 6.07) is 16.7. The minimum Gasteiger partial charge on any atom is -0.478 e. The zero-order chi connectivity index (χ0) is 21.4. The van der Waals surface area contributed by atoms with Gasteiger partial charge in [-0.15, -0.1) is 0 Å². The van der Waals surface area contributed by atoms with E-state index in [-0.39, 0.29) is 17.6 Å². The van der Waals surface area contributed by atoms with E-state index in [1.54, 1.807) is 24.4 Å². The van der Waals surface area contributed by atoms with E-state index in [0.717, 1.165) is 35.0 Å². The lowest BCUT2D eigenvalue weighted by molar-refractivity contribution is 0.0697. The summed E-state index contributed by atoms with van der Waals surface area (Å²) < 4.78 is 6.32. The quantitative estimate of drug-likeness (QED) is 0.551. The van der Waals surface area contributed by atoms with Crippen LogP contribution in [0.25, 0.3) is 11.3 Å². The molecule has 2 aliphatic rings. The molecular weight excluding hydrogens is 410 g/mol. The van der Waals surface area contributed by atoms with Crippen LogP contribution >= 0.6 is 12.2 Å². The van der Waals surface area contributed by atoms with Crippen molar-refractivity contribution in [2.45, 2.75) is 43.8 Å². The summed E-state index contributed by atoms with van der Waals surface area (Å²) in [5, 5.41) is 13.5. The van der Waals surface area contributed by atoms with Crippen LogP contribution < -0.4 is 5.32 Å². The lowest BCUT2D eigenvalue weighted by Gasteiger charge is -2.31. The Kier molecular flexibility index (Phi) is 5.19. The zero-order valence-corrected chi connectivity index (χ0v) is 17.7. The van der Waals surface area contributed by atoms with Gasteiger partial charge in [0, 0.05) is 17.8 Å². The van der Waals surface area contributed by atoms with E-state index in [4.69, 9.17) is 16.6 Å². The molecule has 158 valence electrons. The molecule has 0 unspecified atom stereocenters. The number of hydrogen-bond acceptors (Lipinski definition) is 4. The van der Waals surface area contributed by atoms with Crippen LogP contribution in [0.5, 0.6) is 0 Å². The van der Waals surface area contributed by atoms with Crippen molar-refractivity contribution in [1.29, 1.82) is 0 Å². The SMILES string of the molecule is O=C(O)c1cccc(-c2ccc([C@@H]3[C@H](c4ccccn4)NC(=S)N3C3CCCC3)o2)c1. The van der Waals surface area contributed by atoms with Crippen molar-refractivity contribution in [2.75, 3.05) is 0 Å². The van der Waals surface area contributed by atoms with E-state index in [1.165, 1.54) is 12.8 Å². The first-order chi connectivity index (χ1) is 15.1. The maximum atomic E-state index is 11.4. The third-order valence-corrected chi connectivity index (χ3v) is 6.49. The molecule has 3 aromatic rings. The number of carboxylic acid groups (broad SMARTS) is 1. The molecule has 0 bridgehead atoms. The third kappa shape index (κ3) is 3.70. The molecule has 1 aliphatic carbocycles. The van der Waals surface area contributed by atoms with E-state index in [9.17, 15) is 9.90 Å². The maximum absolute atomic E-state index is 11.4. The summed E-state index contributed by atoms with van der Waals surface area (Å²) in [6.45, 7) is 0. The molecule has 2 fully saturated rings. The molecule has 7 heteroatoms. The summed E-state index contributed by atoms with van der Waals surface area (Å²) in [4.78, 5) is 18.2. The molecule has 3 heterocycles. The van der Waals surface area contributed by atoms with Crippen LogP contribution in [0, 0.1) is 0 Å². The summed E-state index contributed by atoms with van der Waals surface area (Å²) >= 11 is 5.76. The highest BCUT2D eigenvalue weighted by Gasteiger charge is 2.45. The Balaban J connectivity index is 1.54. The highest BCUT2D eigenvalue weighted by molar-refractivity contribution is 7.80. The smallest absolute Gasteiger partial charge is 0.335 e. The van der Waals surface area contributed by atoms with Crippen molar-refractivity contribution in [3.05, 3.63) is 77.8 Å². The first-order valence-electron chi connectivity index (χ1n) is 10.5. The Morgan fingerprint density at radius 3 is 2.71 bits per heavy atom. The van der Waals surface area contributed by atoms with Crippen molar-refractivity contribution >= 4 is 23.3 Å². The van der Waals surface area contributed by atoms with Gasteiger partial charge in [-0.25, -0.2) is 4.79 Å². The van der Waals surface area contributed by atoms with Crippen LogP contribution in [0.1, 0.15) is 59.6 Å². The number of thiocarbonyl (C=S) groups is 1. The average Bonchev–Trinajstić information content (AvgIpc) is 3.54. The molecular formula is C24H23N3O3S. The standard InChI is InChI=1S/C24H23N3O3S/c28-23(29)16-7-5-6-15(14-16)19-11-12-20(30-19)22-21(18-10-3-4-13-25-18)26-24(31)27(22)17-8-1-2-9-17/h3-7,10-14,17,21-22H,1-2,8-9H2,(H,26,31)(H,28,29)/t21-,22+/m0/s1. The first kappa shape index (κ1) is 19.8. The van der Waals surface area contributed by atoms with Crippen LogP contribution in [0.4, 0.5) is 0 Å². The highest BCUT2D eigenvalue weighted by atomic mass is 32.1. The molecule has 2 N–H and O–H groups in total. The van der Waals surface area contributed by atoms with Crippen LogP contribution in [-0.2, 0) is 0 Å². The van der Waals surface area contributed by atoms with E-state index < -0.39 is 5.97 Å². The first-order valence-corrected chi connectivity index (χ1v) is 11.0. The number of carboxylic acids is 1. The molecule has 6 nitrogen and oxygen atoms in total. The number of carbonyl (C=O) groups is 1. The molecule has 2 aromatic heterocycles. The highest BCUT2D eigenvalue weighted by Crippen LogP contribution is 2.44. The minimum atomic E-state index is -0.957. The van der Waals surface area contributed by atoms with Gasteiger partial charge in [-0.05, 0) is 61.5 Å². The maximum Gasteiger partial charge on any atom is 0.335 e. The largest absolute Gasteiger partial charge is 0.478 e. The Hall–Kier alpha value is -3.19. The second-order valence-corrected chi connectivity index (χ2v) is 8.45. The molecule has 31 heavy (non-hydrogen) atoms. The fraction of sp³-hybridized carbons (Fsp3) is 0.292. The van der Waals surface area contributed by atoms with Gasteiger partial charge >= 0.3 is 5.97 Å². The van der Waals surface area contributed by atoms with Crippen LogP contribution in [-0.4, -0.2) is 32.1 Å². The van der Waals surface area contributed by atoms with Gasteiger partial charge in [-0.1, -0.05) is 31.0 Å². The molecule has 5 rings (SSSR count).